The van der Waals surface area contributed by atoms with Crippen molar-refractivity contribution >= 4 is 20.9 Å². The van der Waals surface area contributed by atoms with Crippen LogP contribution in [0.3, 0.4) is 0 Å². The number of aromatic amines is 1. The average Bonchev–Trinajstić information content (AvgIpc) is 2.91. The van der Waals surface area contributed by atoms with Crippen molar-refractivity contribution in [2.24, 2.45) is 0 Å². The van der Waals surface area contributed by atoms with E-state index in [9.17, 15) is 17.2 Å². The molecule has 2 N–H and O–H groups in total. The third kappa shape index (κ3) is 3.01. The molecule has 4 rings (SSSR count). The fourth-order valence-electron chi connectivity index (χ4n) is 3.69. The molecule has 0 saturated heterocycles. The van der Waals surface area contributed by atoms with E-state index in [0.29, 0.717) is 24.8 Å². The van der Waals surface area contributed by atoms with Crippen LogP contribution in [0.15, 0.2) is 41.3 Å². The zero-order valence-electron chi connectivity index (χ0n) is 14.1. The number of rotatable bonds is 3. The molecule has 136 valence electrons. The monoisotopic (exact) mass is 376 g/mol. The Labute approximate surface area is 150 Å². The summed E-state index contributed by atoms with van der Waals surface area (Å²) in [6.45, 7) is 1.57. The van der Waals surface area contributed by atoms with Gasteiger partial charge in [0.2, 0.25) is 10.0 Å². The molecule has 1 aliphatic carbocycles. The normalized spacial score (nSPS) is 17.4. The first-order valence-electron chi connectivity index (χ1n) is 8.41. The molecule has 3 aromatic rings. The minimum absolute atomic E-state index is 0.0784. The molecular weight excluding hydrogens is 358 g/mol. The average molecular weight is 376 g/mol. The van der Waals surface area contributed by atoms with Crippen molar-refractivity contribution in [2.45, 2.75) is 37.1 Å². The van der Waals surface area contributed by atoms with Gasteiger partial charge in [0.25, 0.3) is 0 Å². The predicted octanol–water partition coefficient (Wildman–Crippen LogP) is 3.59. The Bertz CT molecular complexity index is 1110. The molecule has 2 aromatic carbocycles. The van der Waals surface area contributed by atoms with E-state index in [2.05, 4.69) is 9.71 Å². The first-order chi connectivity index (χ1) is 12.3. The van der Waals surface area contributed by atoms with Gasteiger partial charge in [0, 0.05) is 22.6 Å². The fraction of sp³-hybridized carbons (Fsp3) is 0.263. The number of benzene rings is 2. The van der Waals surface area contributed by atoms with Crippen molar-refractivity contribution in [2.75, 3.05) is 0 Å². The molecule has 0 fully saturated rings. The Kier molecular flexibility index (Phi) is 4.08. The van der Waals surface area contributed by atoms with Crippen molar-refractivity contribution in [1.82, 2.24) is 9.71 Å². The molecule has 1 aliphatic rings. The van der Waals surface area contributed by atoms with E-state index in [1.165, 1.54) is 24.3 Å². The van der Waals surface area contributed by atoms with Gasteiger partial charge in [0.1, 0.15) is 11.6 Å². The van der Waals surface area contributed by atoms with Crippen LogP contribution in [-0.4, -0.2) is 19.4 Å². The van der Waals surface area contributed by atoms with E-state index in [1.54, 1.807) is 13.0 Å². The van der Waals surface area contributed by atoms with Crippen LogP contribution in [-0.2, 0) is 22.9 Å². The van der Waals surface area contributed by atoms with Gasteiger partial charge in [-0.25, -0.2) is 21.9 Å². The summed E-state index contributed by atoms with van der Waals surface area (Å²) in [5.74, 6) is -0.784. The standard InChI is InChI=1S/C19H18F2N2O2S/c1-11-8-12(20)3-7-19(11)26(24,25)23-14-4-6-18-16(10-14)15-9-13(21)2-5-17(15)22-18/h2-3,5,7-9,14,22-23H,4,6,10H2,1H3. The predicted molar refractivity (Wildman–Crippen MR) is 95.5 cm³/mol. The van der Waals surface area contributed by atoms with Crippen LogP contribution in [0.4, 0.5) is 8.78 Å². The third-order valence-electron chi connectivity index (χ3n) is 4.90. The number of H-pyrrole nitrogens is 1. The number of hydrogen-bond acceptors (Lipinski definition) is 2. The van der Waals surface area contributed by atoms with Crippen molar-refractivity contribution in [1.29, 1.82) is 0 Å². The van der Waals surface area contributed by atoms with Gasteiger partial charge >= 0.3 is 0 Å². The number of aryl methyl sites for hydroxylation is 2. The first kappa shape index (κ1) is 17.2. The van der Waals surface area contributed by atoms with Gasteiger partial charge in [0.15, 0.2) is 0 Å². The van der Waals surface area contributed by atoms with Crippen LogP contribution in [0.25, 0.3) is 10.9 Å². The van der Waals surface area contributed by atoms with Crippen LogP contribution in [0.5, 0.6) is 0 Å². The molecule has 0 saturated carbocycles. The Morgan fingerprint density at radius 3 is 2.62 bits per heavy atom. The smallest absolute Gasteiger partial charge is 0.241 e. The molecule has 0 amide bonds. The maximum Gasteiger partial charge on any atom is 0.241 e. The van der Waals surface area contributed by atoms with E-state index >= 15 is 0 Å². The van der Waals surface area contributed by atoms with Gasteiger partial charge in [-0.3, -0.25) is 0 Å². The van der Waals surface area contributed by atoms with Crippen molar-refractivity contribution in [3.05, 3.63) is 64.9 Å². The lowest BCUT2D eigenvalue weighted by Gasteiger charge is -2.24. The molecular formula is C19H18F2N2O2S. The van der Waals surface area contributed by atoms with Gasteiger partial charge in [0.05, 0.1) is 4.90 Å². The van der Waals surface area contributed by atoms with Gasteiger partial charge < -0.3 is 4.98 Å². The summed E-state index contributed by atoms with van der Waals surface area (Å²) in [7, 11) is -3.76. The Hall–Kier alpha value is -2.25. The maximum atomic E-state index is 13.6. The van der Waals surface area contributed by atoms with Crippen LogP contribution in [0.2, 0.25) is 0 Å². The Morgan fingerprint density at radius 1 is 1.12 bits per heavy atom. The van der Waals surface area contributed by atoms with Crippen molar-refractivity contribution < 1.29 is 17.2 Å². The molecule has 0 spiro atoms. The summed E-state index contributed by atoms with van der Waals surface area (Å²) in [6, 6.07) is 7.91. The molecule has 4 nitrogen and oxygen atoms in total. The van der Waals surface area contributed by atoms with E-state index in [-0.39, 0.29) is 16.8 Å². The summed E-state index contributed by atoms with van der Waals surface area (Å²) in [4.78, 5) is 3.37. The molecule has 0 bridgehead atoms. The molecule has 1 unspecified atom stereocenters. The number of fused-ring (bicyclic) bond motifs is 3. The Balaban J connectivity index is 1.63. The van der Waals surface area contributed by atoms with Gasteiger partial charge in [-0.05, 0) is 73.7 Å². The molecule has 1 aromatic heterocycles. The maximum absolute atomic E-state index is 13.6. The quantitative estimate of drug-likeness (QED) is 0.734. The summed E-state index contributed by atoms with van der Waals surface area (Å²) in [6.07, 6.45) is 1.81. The minimum atomic E-state index is -3.76. The van der Waals surface area contributed by atoms with E-state index in [0.717, 1.165) is 28.2 Å². The van der Waals surface area contributed by atoms with E-state index < -0.39 is 15.8 Å². The van der Waals surface area contributed by atoms with Gasteiger partial charge in [-0.15, -0.1) is 0 Å². The summed E-state index contributed by atoms with van der Waals surface area (Å²) in [5.41, 5.74) is 3.20. The largest absolute Gasteiger partial charge is 0.358 e. The highest BCUT2D eigenvalue weighted by Gasteiger charge is 2.27. The zero-order chi connectivity index (χ0) is 18.5. The summed E-state index contributed by atoms with van der Waals surface area (Å²) >= 11 is 0. The lowest BCUT2D eigenvalue weighted by molar-refractivity contribution is 0.506. The van der Waals surface area contributed by atoms with E-state index in [4.69, 9.17) is 0 Å². The summed E-state index contributed by atoms with van der Waals surface area (Å²) in [5, 5.41) is 0.793. The van der Waals surface area contributed by atoms with Gasteiger partial charge in [-0.1, -0.05) is 0 Å². The second-order valence-electron chi connectivity index (χ2n) is 6.74. The number of nitrogens with one attached hydrogen (secondary N) is 2. The van der Waals surface area contributed by atoms with Gasteiger partial charge in [-0.2, -0.15) is 0 Å². The number of halogens is 2. The minimum Gasteiger partial charge on any atom is -0.358 e. The van der Waals surface area contributed by atoms with Crippen molar-refractivity contribution in [3.63, 3.8) is 0 Å². The van der Waals surface area contributed by atoms with Crippen LogP contribution in [0, 0.1) is 18.6 Å². The molecule has 7 heteroatoms. The summed E-state index contributed by atoms with van der Waals surface area (Å²) < 4.78 is 55.0. The lowest BCUT2D eigenvalue weighted by Crippen LogP contribution is -2.39. The molecule has 0 aliphatic heterocycles. The highest BCUT2D eigenvalue weighted by Crippen LogP contribution is 2.30. The van der Waals surface area contributed by atoms with Crippen LogP contribution < -0.4 is 4.72 Å². The Morgan fingerprint density at radius 2 is 1.85 bits per heavy atom. The zero-order valence-corrected chi connectivity index (χ0v) is 15.0. The molecule has 1 atom stereocenters. The van der Waals surface area contributed by atoms with Crippen LogP contribution in [0.1, 0.15) is 23.2 Å². The third-order valence-corrected chi connectivity index (χ3v) is 6.58. The number of aromatic nitrogens is 1. The fourth-order valence-corrected chi connectivity index (χ4v) is 5.18. The SMILES string of the molecule is Cc1cc(F)ccc1S(=O)(=O)NC1CCc2[nH]c3ccc(F)cc3c2C1. The number of hydrogen-bond donors (Lipinski definition) is 2. The molecule has 1 heterocycles. The lowest BCUT2D eigenvalue weighted by atomic mass is 9.92. The molecule has 26 heavy (non-hydrogen) atoms. The topological polar surface area (TPSA) is 62.0 Å². The highest BCUT2D eigenvalue weighted by molar-refractivity contribution is 7.89. The van der Waals surface area contributed by atoms with Crippen molar-refractivity contribution in [3.8, 4) is 0 Å². The molecule has 0 radical (unpaired) electrons. The highest BCUT2D eigenvalue weighted by atomic mass is 32.2. The second-order valence-corrected chi connectivity index (χ2v) is 8.43. The van der Waals surface area contributed by atoms with E-state index in [1.807, 2.05) is 0 Å². The van der Waals surface area contributed by atoms with Crippen LogP contribution >= 0.6 is 0 Å². The second kappa shape index (κ2) is 6.17. The number of sulfonamides is 1. The first-order valence-corrected chi connectivity index (χ1v) is 9.89.